The van der Waals surface area contributed by atoms with Gasteiger partial charge in [-0.25, -0.2) is 0 Å². The number of allylic oxidation sites excluding steroid dienone is 1. The van der Waals surface area contributed by atoms with Crippen molar-refractivity contribution in [3.8, 4) is 5.75 Å². The molecule has 0 heterocycles. The topological polar surface area (TPSA) is 20.2 Å². The maximum absolute atomic E-state index is 9.64. The summed E-state index contributed by atoms with van der Waals surface area (Å²) < 4.78 is 0. The fourth-order valence-corrected chi connectivity index (χ4v) is 3.03. The van der Waals surface area contributed by atoms with Gasteiger partial charge in [-0.05, 0) is 53.3 Å². The van der Waals surface area contributed by atoms with Crippen molar-refractivity contribution in [2.45, 2.75) is 20.3 Å². The molecule has 0 unspecified atom stereocenters. The highest BCUT2D eigenvalue weighted by Gasteiger charge is 2.12. The Hall–Kier alpha value is -2.80. The van der Waals surface area contributed by atoms with Crippen molar-refractivity contribution < 1.29 is 5.11 Å². The molecular formula is C23H22O. The van der Waals surface area contributed by atoms with Gasteiger partial charge >= 0.3 is 0 Å². The first kappa shape index (κ1) is 16.1. The summed E-state index contributed by atoms with van der Waals surface area (Å²) in [6, 6.07) is 26.6. The smallest absolute Gasteiger partial charge is 0.115 e. The summed E-state index contributed by atoms with van der Waals surface area (Å²) in [6.07, 6.45) is 0.939. The highest BCUT2D eigenvalue weighted by molar-refractivity contribution is 5.98. The van der Waals surface area contributed by atoms with E-state index in [1.807, 2.05) is 18.2 Å². The molecule has 3 aromatic carbocycles. The Morgan fingerprint density at radius 3 is 1.83 bits per heavy atom. The molecule has 0 saturated carbocycles. The Bertz CT molecular complexity index is 825. The zero-order valence-corrected chi connectivity index (χ0v) is 14.2. The maximum Gasteiger partial charge on any atom is 0.115 e. The molecule has 0 aliphatic rings. The van der Waals surface area contributed by atoms with Crippen LogP contribution in [-0.4, -0.2) is 5.11 Å². The van der Waals surface area contributed by atoms with E-state index >= 15 is 0 Å². The lowest BCUT2D eigenvalue weighted by molar-refractivity contribution is 0.475. The Morgan fingerprint density at radius 1 is 0.708 bits per heavy atom. The van der Waals surface area contributed by atoms with Crippen molar-refractivity contribution in [3.63, 3.8) is 0 Å². The average molecular weight is 314 g/mol. The summed E-state index contributed by atoms with van der Waals surface area (Å²) >= 11 is 0. The van der Waals surface area contributed by atoms with Gasteiger partial charge in [0.1, 0.15) is 5.75 Å². The van der Waals surface area contributed by atoms with E-state index in [0.717, 1.165) is 12.0 Å². The third kappa shape index (κ3) is 3.41. The molecule has 0 spiro atoms. The number of hydrogen-bond acceptors (Lipinski definition) is 1. The maximum atomic E-state index is 9.64. The first-order chi connectivity index (χ1) is 11.7. The predicted molar refractivity (Wildman–Crippen MR) is 102 cm³/mol. The third-order valence-electron chi connectivity index (χ3n) is 4.27. The molecule has 1 N–H and O–H groups in total. The van der Waals surface area contributed by atoms with E-state index < -0.39 is 0 Å². The van der Waals surface area contributed by atoms with E-state index in [4.69, 9.17) is 0 Å². The average Bonchev–Trinajstić information content (AvgIpc) is 2.62. The van der Waals surface area contributed by atoms with Gasteiger partial charge in [-0.2, -0.15) is 0 Å². The second-order valence-electron chi connectivity index (χ2n) is 5.99. The highest BCUT2D eigenvalue weighted by Crippen LogP contribution is 2.34. The fraction of sp³-hybridized carbons (Fsp3) is 0.130. The Morgan fingerprint density at radius 2 is 1.25 bits per heavy atom. The van der Waals surface area contributed by atoms with Gasteiger partial charge in [0.2, 0.25) is 0 Å². The van der Waals surface area contributed by atoms with E-state index in [1.54, 1.807) is 12.1 Å². The molecule has 1 nitrogen and oxygen atoms in total. The number of aryl methyl sites for hydroxylation is 1. The third-order valence-corrected chi connectivity index (χ3v) is 4.27. The number of phenolic OH excluding ortho intramolecular Hbond substituents is 1. The van der Waals surface area contributed by atoms with Crippen LogP contribution in [0.15, 0.2) is 78.9 Å². The van der Waals surface area contributed by atoms with Crippen molar-refractivity contribution in [1.82, 2.24) is 0 Å². The quantitative estimate of drug-likeness (QED) is 0.579. The number of rotatable bonds is 4. The minimum Gasteiger partial charge on any atom is -0.508 e. The summed E-state index contributed by atoms with van der Waals surface area (Å²) in [6.45, 7) is 4.30. The molecule has 0 aromatic heterocycles. The Labute approximate surface area is 143 Å². The minimum absolute atomic E-state index is 0.291. The van der Waals surface area contributed by atoms with Crippen LogP contribution in [0.25, 0.3) is 11.1 Å². The summed E-state index contributed by atoms with van der Waals surface area (Å²) in [5.41, 5.74) is 7.36. The van der Waals surface area contributed by atoms with Crippen LogP contribution in [0.5, 0.6) is 5.75 Å². The zero-order valence-electron chi connectivity index (χ0n) is 14.2. The van der Waals surface area contributed by atoms with E-state index in [9.17, 15) is 5.11 Å². The summed E-state index contributed by atoms with van der Waals surface area (Å²) in [7, 11) is 0. The van der Waals surface area contributed by atoms with Crippen LogP contribution in [-0.2, 0) is 0 Å². The van der Waals surface area contributed by atoms with Gasteiger partial charge in [-0.1, -0.05) is 79.2 Å². The minimum atomic E-state index is 0.291. The fourth-order valence-electron chi connectivity index (χ4n) is 3.03. The zero-order chi connectivity index (χ0) is 16.9. The SMILES string of the molecule is CC/C(=C(/c1ccccc1)c1ccc(O)cc1)c1ccc(C)cc1. The second kappa shape index (κ2) is 7.18. The summed E-state index contributed by atoms with van der Waals surface area (Å²) in [4.78, 5) is 0. The van der Waals surface area contributed by atoms with Gasteiger partial charge in [0.15, 0.2) is 0 Å². The Kier molecular flexibility index (Phi) is 4.81. The van der Waals surface area contributed by atoms with E-state index in [1.165, 1.54) is 27.8 Å². The first-order valence-corrected chi connectivity index (χ1v) is 8.34. The van der Waals surface area contributed by atoms with Crippen LogP contribution in [0.2, 0.25) is 0 Å². The van der Waals surface area contributed by atoms with Gasteiger partial charge in [0.25, 0.3) is 0 Å². The predicted octanol–water partition coefficient (Wildman–Crippen LogP) is 6.07. The van der Waals surface area contributed by atoms with Crippen LogP contribution >= 0.6 is 0 Å². The standard InChI is InChI=1S/C23H22O/c1-3-22(18-11-9-17(2)10-12-18)23(19-7-5-4-6-8-19)20-13-15-21(24)16-14-20/h4-16,24H,3H2,1-2H3/b23-22+. The van der Waals surface area contributed by atoms with Crippen molar-refractivity contribution >= 4 is 11.1 Å². The molecule has 0 aliphatic heterocycles. The summed E-state index contributed by atoms with van der Waals surface area (Å²) in [5, 5.41) is 9.64. The molecule has 1 heteroatoms. The van der Waals surface area contributed by atoms with E-state index in [2.05, 4.69) is 62.4 Å². The highest BCUT2D eigenvalue weighted by atomic mass is 16.3. The molecular weight excluding hydrogens is 292 g/mol. The lowest BCUT2D eigenvalue weighted by atomic mass is 9.88. The normalized spacial score (nSPS) is 11.9. The van der Waals surface area contributed by atoms with E-state index in [0.29, 0.717) is 5.75 Å². The molecule has 120 valence electrons. The molecule has 0 bridgehead atoms. The van der Waals surface area contributed by atoms with Crippen LogP contribution < -0.4 is 0 Å². The van der Waals surface area contributed by atoms with Crippen molar-refractivity contribution in [3.05, 3.63) is 101 Å². The van der Waals surface area contributed by atoms with E-state index in [-0.39, 0.29) is 0 Å². The van der Waals surface area contributed by atoms with Crippen LogP contribution in [0.3, 0.4) is 0 Å². The van der Waals surface area contributed by atoms with Gasteiger partial charge in [0, 0.05) is 0 Å². The second-order valence-corrected chi connectivity index (χ2v) is 5.99. The van der Waals surface area contributed by atoms with Gasteiger partial charge < -0.3 is 5.11 Å². The Balaban J connectivity index is 2.25. The van der Waals surface area contributed by atoms with Crippen molar-refractivity contribution in [2.75, 3.05) is 0 Å². The van der Waals surface area contributed by atoms with Gasteiger partial charge in [-0.15, -0.1) is 0 Å². The summed E-state index contributed by atoms with van der Waals surface area (Å²) in [5.74, 6) is 0.291. The molecule has 0 fully saturated rings. The van der Waals surface area contributed by atoms with Crippen LogP contribution in [0.1, 0.15) is 35.6 Å². The van der Waals surface area contributed by atoms with Gasteiger partial charge in [-0.3, -0.25) is 0 Å². The number of benzene rings is 3. The molecule has 0 amide bonds. The first-order valence-electron chi connectivity index (χ1n) is 8.34. The van der Waals surface area contributed by atoms with Gasteiger partial charge in [0.05, 0.1) is 0 Å². The largest absolute Gasteiger partial charge is 0.508 e. The number of phenols is 1. The molecule has 0 radical (unpaired) electrons. The molecule has 3 aromatic rings. The monoisotopic (exact) mass is 314 g/mol. The molecule has 24 heavy (non-hydrogen) atoms. The molecule has 3 rings (SSSR count). The van der Waals surface area contributed by atoms with Crippen molar-refractivity contribution in [2.24, 2.45) is 0 Å². The van der Waals surface area contributed by atoms with Crippen LogP contribution in [0.4, 0.5) is 0 Å². The molecule has 0 aliphatic carbocycles. The number of aromatic hydroxyl groups is 1. The molecule has 0 saturated heterocycles. The van der Waals surface area contributed by atoms with Crippen LogP contribution in [0, 0.1) is 6.92 Å². The lowest BCUT2D eigenvalue weighted by Crippen LogP contribution is -1.95. The number of hydrogen-bond donors (Lipinski definition) is 1. The lowest BCUT2D eigenvalue weighted by Gasteiger charge is -2.16. The van der Waals surface area contributed by atoms with Crippen molar-refractivity contribution in [1.29, 1.82) is 0 Å². The molecule has 0 atom stereocenters.